The normalized spacial score (nSPS) is 17.4. The molecule has 19 heavy (non-hydrogen) atoms. The molecule has 1 aliphatic heterocycles. The molecule has 0 fully saturated rings. The first kappa shape index (κ1) is 11.8. The lowest BCUT2D eigenvalue weighted by Gasteiger charge is -2.05. The van der Waals surface area contributed by atoms with Crippen LogP contribution in [-0.2, 0) is 11.3 Å². The van der Waals surface area contributed by atoms with Crippen molar-refractivity contribution in [2.24, 2.45) is 0 Å². The molecule has 0 aromatic carbocycles. The van der Waals surface area contributed by atoms with Crippen LogP contribution >= 0.6 is 0 Å². The number of nitrogens with zero attached hydrogens (tertiary/aromatic N) is 1. The first-order chi connectivity index (χ1) is 9.09. The van der Waals surface area contributed by atoms with Gasteiger partial charge in [-0.3, -0.25) is 9.59 Å². The summed E-state index contributed by atoms with van der Waals surface area (Å²) in [7, 11) is 0. The van der Waals surface area contributed by atoms with Crippen molar-refractivity contribution in [2.45, 2.75) is 25.8 Å². The van der Waals surface area contributed by atoms with Crippen LogP contribution in [0.4, 0.5) is 0 Å². The van der Waals surface area contributed by atoms with Crippen molar-refractivity contribution in [1.82, 2.24) is 9.55 Å². The number of hydrogen-bond acceptors (Lipinski definition) is 2. The van der Waals surface area contributed by atoms with Crippen LogP contribution in [0.2, 0.25) is 0 Å². The van der Waals surface area contributed by atoms with E-state index in [4.69, 9.17) is 0 Å². The summed E-state index contributed by atoms with van der Waals surface area (Å²) in [4.78, 5) is 26.5. The third kappa shape index (κ3) is 1.69. The van der Waals surface area contributed by atoms with E-state index in [0.717, 1.165) is 11.3 Å². The second kappa shape index (κ2) is 4.12. The third-order valence-electron chi connectivity index (χ3n) is 3.67. The van der Waals surface area contributed by atoms with Crippen LogP contribution in [0.3, 0.4) is 0 Å². The molecule has 0 aliphatic carbocycles. The summed E-state index contributed by atoms with van der Waals surface area (Å²) < 4.78 is 1.84. The summed E-state index contributed by atoms with van der Waals surface area (Å²) in [5.41, 5.74) is 2.70. The molecular weight excluding hydrogens is 244 g/mol. The standard InChI is InChI=1S/C14H14N2O3/c1-8-7-11-9(14(18)19)4-6-16(11)12(8)13(17)10-3-2-5-15-10/h2-3,5,7,9,15H,4,6H2,1H3,(H,18,19). The number of hydrogen-bond donors (Lipinski definition) is 2. The molecule has 0 amide bonds. The Labute approximate surface area is 109 Å². The van der Waals surface area contributed by atoms with E-state index >= 15 is 0 Å². The molecule has 1 atom stereocenters. The second-order valence-corrected chi connectivity index (χ2v) is 4.84. The minimum atomic E-state index is -0.824. The molecule has 1 unspecified atom stereocenters. The number of carboxylic acids is 1. The van der Waals surface area contributed by atoms with Crippen LogP contribution < -0.4 is 0 Å². The van der Waals surface area contributed by atoms with E-state index in [-0.39, 0.29) is 5.78 Å². The van der Waals surface area contributed by atoms with Gasteiger partial charge >= 0.3 is 5.97 Å². The Bertz CT molecular complexity index is 653. The van der Waals surface area contributed by atoms with Crippen molar-refractivity contribution < 1.29 is 14.7 Å². The Balaban J connectivity index is 2.07. The monoisotopic (exact) mass is 258 g/mol. The lowest BCUT2D eigenvalue weighted by Crippen LogP contribution is -2.11. The third-order valence-corrected chi connectivity index (χ3v) is 3.67. The minimum absolute atomic E-state index is 0.0835. The smallest absolute Gasteiger partial charge is 0.312 e. The summed E-state index contributed by atoms with van der Waals surface area (Å²) in [5.74, 6) is -1.40. The molecule has 5 nitrogen and oxygen atoms in total. The van der Waals surface area contributed by atoms with Gasteiger partial charge in [0.25, 0.3) is 0 Å². The first-order valence-electron chi connectivity index (χ1n) is 6.20. The van der Waals surface area contributed by atoms with E-state index in [2.05, 4.69) is 4.98 Å². The molecule has 0 radical (unpaired) electrons. The van der Waals surface area contributed by atoms with Crippen LogP contribution in [-0.4, -0.2) is 26.4 Å². The highest BCUT2D eigenvalue weighted by Crippen LogP contribution is 2.33. The largest absolute Gasteiger partial charge is 0.481 e. The van der Waals surface area contributed by atoms with Crippen molar-refractivity contribution in [3.63, 3.8) is 0 Å². The number of carbonyl (C=O) groups excluding carboxylic acids is 1. The topological polar surface area (TPSA) is 75.1 Å². The first-order valence-corrected chi connectivity index (χ1v) is 6.20. The van der Waals surface area contributed by atoms with Crippen molar-refractivity contribution in [3.05, 3.63) is 47.0 Å². The van der Waals surface area contributed by atoms with Gasteiger partial charge in [0.05, 0.1) is 17.3 Å². The molecule has 98 valence electrons. The number of aromatic nitrogens is 2. The average molecular weight is 258 g/mol. The molecular formula is C14H14N2O3. The zero-order valence-corrected chi connectivity index (χ0v) is 10.5. The Morgan fingerprint density at radius 3 is 2.89 bits per heavy atom. The Morgan fingerprint density at radius 1 is 1.47 bits per heavy atom. The fraction of sp³-hybridized carbons (Fsp3) is 0.286. The average Bonchev–Trinajstić information content (AvgIpc) is 3.01. The number of carbonyl (C=O) groups is 2. The summed E-state index contributed by atoms with van der Waals surface area (Å²) in [6.07, 6.45) is 2.26. The molecule has 3 heterocycles. The van der Waals surface area contributed by atoms with Gasteiger partial charge in [-0.2, -0.15) is 0 Å². The number of H-pyrrole nitrogens is 1. The maximum atomic E-state index is 12.4. The fourth-order valence-electron chi connectivity index (χ4n) is 2.80. The van der Waals surface area contributed by atoms with Gasteiger partial charge in [0.15, 0.2) is 0 Å². The van der Waals surface area contributed by atoms with E-state index in [9.17, 15) is 14.7 Å². The van der Waals surface area contributed by atoms with Crippen LogP contribution in [0.1, 0.15) is 39.8 Å². The van der Waals surface area contributed by atoms with Crippen LogP contribution in [0.15, 0.2) is 24.4 Å². The highest BCUT2D eigenvalue weighted by Gasteiger charge is 2.33. The Kier molecular flexibility index (Phi) is 2.55. The molecule has 0 bridgehead atoms. The molecule has 2 aromatic heterocycles. The van der Waals surface area contributed by atoms with Gasteiger partial charge in [-0.1, -0.05) is 0 Å². The number of carboxylic acid groups (broad SMARTS) is 1. The SMILES string of the molecule is Cc1cc2n(c1C(=O)c1ccc[nH]1)CCC2C(=O)O. The number of rotatable bonds is 3. The summed E-state index contributed by atoms with van der Waals surface area (Å²) in [5, 5.41) is 9.18. The van der Waals surface area contributed by atoms with E-state index in [1.165, 1.54) is 0 Å². The Morgan fingerprint density at radius 2 is 2.26 bits per heavy atom. The van der Waals surface area contributed by atoms with Gasteiger partial charge in [-0.15, -0.1) is 0 Å². The van der Waals surface area contributed by atoms with Gasteiger partial charge in [-0.25, -0.2) is 0 Å². The molecule has 2 aromatic rings. The van der Waals surface area contributed by atoms with E-state index in [0.29, 0.717) is 24.4 Å². The van der Waals surface area contributed by atoms with Gasteiger partial charge < -0.3 is 14.7 Å². The minimum Gasteiger partial charge on any atom is -0.481 e. The lowest BCUT2D eigenvalue weighted by molar-refractivity contribution is -0.138. The van der Waals surface area contributed by atoms with Gasteiger partial charge in [0, 0.05) is 18.4 Å². The number of nitrogens with one attached hydrogen (secondary N) is 1. The lowest BCUT2D eigenvalue weighted by atomic mass is 10.0. The molecule has 2 N–H and O–H groups in total. The van der Waals surface area contributed by atoms with Gasteiger partial charge in [0.1, 0.15) is 0 Å². The number of ketones is 1. The molecule has 0 spiro atoms. The van der Waals surface area contributed by atoms with E-state index < -0.39 is 11.9 Å². The zero-order chi connectivity index (χ0) is 13.6. The van der Waals surface area contributed by atoms with Crippen molar-refractivity contribution in [1.29, 1.82) is 0 Å². The summed E-state index contributed by atoms with van der Waals surface area (Å²) in [6.45, 7) is 2.43. The summed E-state index contributed by atoms with van der Waals surface area (Å²) >= 11 is 0. The highest BCUT2D eigenvalue weighted by molar-refractivity contribution is 6.08. The van der Waals surface area contributed by atoms with Crippen molar-refractivity contribution in [2.75, 3.05) is 0 Å². The van der Waals surface area contributed by atoms with Crippen molar-refractivity contribution >= 4 is 11.8 Å². The number of aryl methyl sites for hydroxylation is 1. The molecule has 0 saturated heterocycles. The van der Waals surface area contributed by atoms with Crippen LogP contribution in [0, 0.1) is 6.92 Å². The fourth-order valence-corrected chi connectivity index (χ4v) is 2.80. The molecule has 0 saturated carbocycles. The van der Waals surface area contributed by atoms with Crippen molar-refractivity contribution in [3.8, 4) is 0 Å². The van der Waals surface area contributed by atoms with Crippen LogP contribution in [0.25, 0.3) is 0 Å². The molecule has 3 rings (SSSR count). The number of aliphatic carboxylic acids is 1. The van der Waals surface area contributed by atoms with E-state index in [1.807, 2.05) is 17.6 Å². The highest BCUT2D eigenvalue weighted by atomic mass is 16.4. The van der Waals surface area contributed by atoms with Crippen LogP contribution in [0.5, 0.6) is 0 Å². The van der Waals surface area contributed by atoms with Gasteiger partial charge in [-0.05, 0) is 37.1 Å². The van der Waals surface area contributed by atoms with Gasteiger partial charge in [0.2, 0.25) is 5.78 Å². The Hall–Kier alpha value is -2.30. The molecule has 5 heteroatoms. The quantitative estimate of drug-likeness (QED) is 0.826. The number of fused-ring (bicyclic) bond motifs is 1. The predicted octanol–water partition coefficient (Wildman–Crippen LogP) is 1.93. The summed E-state index contributed by atoms with van der Waals surface area (Å²) in [6, 6.07) is 5.32. The second-order valence-electron chi connectivity index (χ2n) is 4.84. The number of aromatic amines is 1. The zero-order valence-electron chi connectivity index (χ0n) is 10.5. The van der Waals surface area contributed by atoms with E-state index in [1.54, 1.807) is 18.3 Å². The molecule has 1 aliphatic rings. The maximum absolute atomic E-state index is 12.4. The predicted molar refractivity (Wildman–Crippen MR) is 68.4 cm³/mol. The maximum Gasteiger partial charge on any atom is 0.312 e.